The van der Waals surface area contributed by atoms with E-state index in [1.807, 2.05) is 0 Å². The lowest BCUT2D eigenvalue weighted by atomic mass is 10.1. The first-order chi connectivity index (χ1) is 12.6. The molecule has 0 aliphatic carbocycles. The summed E-state index contributed by atoms with van der Waals surface area (Å²) in [5, 5.41) is 18.2. The Morgan fingerprint density at radius 2 is 2.15 bits per heavy atom. The van der Waals surface area contributed by atoms with Gasteiger partial charge in [0.25, 0.3) is 5.69 Å². The third kappa shape index (κ3) is 4.87. The summed E-state index contributed by atoms with van der Waals surface area (Å²) < 4.78 is 11.2. The largest absolute Gasteiger partial charge is 0.455 e. The minimum absolute atomic E-state index is 0.0373. The van der Waals surface area contributed by atoms with Crippen LogP contribution >= 0.6 is 12.2 Å². The summed E-state index contributed by atoms with van der Waals surface area (Å²) >= 11 is 5.14. The van der Waals surface area contributed by atoms with Gasteiger partial charge >= 0.3 is 0 Å². The molecule has 2 heterocycles. The number of ether oxygens (including phenoxy) is 1. The van der Waals surface area contributed by atoms with Gasteiger partial charge in [-0.3, -0.25) is 15.5 Å². The molecule has 136 valence electrons. The molecule has 1 unspecified atom stereocenters. The third-order valence-corrected chi connectivity index (χ3v) is 4.10. The van der Waals surface area contributed by atoms with E-state index in [9.17, 15) is 10.1 Å². The summed E-state index contributed by atoms with van der Waals surface area (Å²) in [7, 11) is 0. The first kappa shape index (κ1) is 18.0. The Morgan fingerprint density at radius 3 is 2.85 bits per heavy atom. The van der Waals surface area contributed by atoms with Crippen LogP contribution in [0.3, 0.4) is 0 Å². The number of nitro benzene ring substituents is 1. The Hall–Kier alpha value is -2.78. The van der Waals surface area contributed by atoms with Crippen molar-refractivity contribution in [3.05, 3.63) is 52.3 Å². The smallest absolute Gasteiger partial charge is 0.269 e. The van der Waals surface area contributed by atoms with Crippen molar-refractivity contribution in [3.63, 3.8) is 0 Å². The van der Waals surface area contributed by atoms with E-state index in [4.69, 9.17) is 21.4 Å². The van der Waals surface area contributed by atoms with Crippen LogP contribution in [-0.4, -0.2) is 35.5 Å². The molecule has 0 amide bonds. The van der Waals surface area contributed by atoms with Crippen LogP contribution in [0.4, 0.5) is 5.69 Å². The van der Waals surface area contributed by atoms with E-state index in [0.717, 1.165) is 25.0 Å². The number of nitrogens with one attached hydrogen (secondary N) is 2. The van der Waals surface area contributed by atoms with Gasteiger partial charge in [-0.15, -0.1) is 0 Å². The standard InChI is InChI=1S/C17H18N4O4S/c22-21(23)13-5-3-12(4-6-13)16-8-7-15(25-16)11-19-20-17(26)18-10-14-2-1-9-24-14/h3-8,11,14H,1-2,9-10H2,(H2,18,20,26)/b19-11-. The van der Waals surface area contributed by atoms with Crippen LogP contribution in [0.25, 0.3) is 11.3 Å². The fraction of sp³-hybridized carbons (Fsp3) is 0.294. The molecule has 2 aromatic rings. The van der Waals surface area contributed by atoms with Crippen molar-refractivity contribution in [2.75, 3.05) is 13.2 Å². The summed E-state index contributed by atoms with van der Waals surface area (Å²) in [6, 6.07) is 9.68. The molecule has 0 saturated carbocycles. The van der Waals surface area contributed by atoms with Crippen LogP contribution < -0.4 is 10.7 Å². The van der Waals surface area contributed by atoms with Crippen molar-refractivity contribution in [3.8, 4) is 11.3 Å². The average Bonchev–Trinajstić information content (AvgIpc) is 3.32. The minimum Gasteiger partial charge on any atom is -0.455 e. The number of furan rings is 1. The molecule has 1 aromatic heterocycles. The lowest BCUT2D eigenvalue weighted by molar-refractivity contribution is -0.384. The third-order valence-electron chi connectivity index (χ3n) is 3.86. The summed E-state index contributed by atoms with van der Waals surface area (Å²) in [5.74, 6) is 1.13. The number of non-ortho nitro benzene ring substituents is 1. The molecule has 1 atom stereocenters. The van der Waals surface area contributed by atoms with Gasteiger partial charge in [0.1, 0.15) is 11.5 Å². The van der Waals surface area contributed by atoms with E-state index in [2.05, 4.69) is 15.8 Å². The quantitative estimate of drug-likeness (QED) is 0.347. The normalized spacial score (nSPS) is 16.7. The highest BCUT2D eigenvalue weighted by Gasteiger charge is 2.15. The van der Waals surface area contributed by atoms with E-state index in [0.29, 0.717) is 23.2 Å². The summed E-state index contributed by atoms with van der Waals surface area (Å²) in [4.78, 5) is 10.2. The molecule has 1 fully saturated rings. The molecule has 1 saturated heterocycles. The van der Waals surface area contributed by atoms with Crippen LogP contribution in [0, 0.1) is 10.1 Å². The van der Waals surface area contributed by atoms with Crippen LogP contribution in [0.15, 0.2) is 45.9 Å². The van der Waals surface area contributed by atoms with Crippen LogP contribution in [0.2, 0.25) is 0 Å². The zero-order valence-electron chi connectivity index (χ0n) is 13.9. The van der Waals surface area contributed by atoms with Crippen molar-refractivity contribution in [2.45, 2.75) is 18.9 Å². The van der Waals surface area contributed by atoms with Crippen molar-refractivity contribution >= 4 is 29.2 Å². The lowest BCUT2D eigenvalue weighted by Gasteiger charge is -2.11. The molecule has 1 aromatic carbocycles. The van der Waals surface area contributed by atoms with Gasteiger partial charge in [-0.25, -0.2) is 0 Å². The molecule has 1 aliphatic heterocycles. The number of nitrogens with zero attached hydrogens (tertiary/aromatic N) is 2. The van der Waals surface area contributed by atoms with Gasteiger partial charge in [-0.2, -0.15) is 5.10 Å². The number of hydrazone groups is 1. The summed E-state index contributed by atoms with van der Waals surface area (Å²) in [6.07, 6.45) is 3.83. The molecule has 2 N–H and O–H groups in total. The van der Waals surface area contributed by atoms with Crippen molar-refractivity contribution < 1.29 is 14.1 Å². The maximum atomic E-state index is 10.7. The maximum absolute atomic E-state index is 10.7. The van der Waals surface area contributed by atoms with Gasteiger partial charge in [0.2, 0.25) is 0 Å². The van der Waals surface area contributed by atoms with E-state index in [1.165, 1.54) is 18.3 Å². The Balaban J connectivity index is 1.50. The predicted molar refractivity (Wildman–Crippen MR) is 101 cm³/mol. The second kappa shape index (κ2) is 8.54. The first-order valence-corrected chi connectivity index (χ1v) is 8.56. The number of hydrogen-bond donors (Lipinski definition) is 2. The molecule has 0 spiro atoms. The first-order valence-electron chi connectivity index (χ1n) is 8.15. The average molecular weight is 374 g/mol. The van der Waals surface area contributed by atoms with Gasteiger partial charge in [0.05, 0.1) is 17.2 Å². The topological polar surface area (TPSA) is 102 Å². The van der Waals surface area contributed by atoms with E-state index in [-0.39, 0.29) is 11.8 Å². The van der Waals surface area contributed by atoms with Gasteiger partial charge in [0.15, 0.2) is 5.11 Å². The monoisotopic (exact) mass is 374 g/mol. The van der Waals surface area contributed by atoms with E-state index < -0.39 is 4.92 Å². The fourth-order valence-electron chi connectivity index (χ4n) is 2.53. The van der Waals surface area contributed by atoms with Gasteiger partial charge in [0, 0.05) is 30.8 Å². The van der Waals surface area contributed by atoms with Crippen LogP contribution in [0.5, 0.6) is 0 Å². The van der Waals surface area contributed by atoms with Crippen molar-refractivity contribution in [1.82, 2.24) is 10.7 Å². The highest BCUT2D eigenvalue weighted by Crippen LogP contribution is 2.23. The van der Waals surface area contributed by atoms with Gasteiger partial charge < -0.3 is 14.5 Å². The van der Waals surface area contributed by atoms with Crippen LogP contribution in [0.1, 0.15) is 18.6 Å². The molecule has 1 aliphatic rings. The SMILES string of the molecule is O=[N+]([O-])c1ccc(-c2ccc(/C=N\NC(=S)NCC3CCCO3)o2)cc1. The number of rotatable bonds is 6. The number of benzene rings is 1. The number of nitro groups is 1. The van der Waals surface area contributed by atoms with E-state index in [1.54, 1.807) is 24.3 Å². The zero-order chi connectivity index (χ0) is 18.4. The Kier molecular flexibility index (Phi) is 5.92. The Labute approximate surface area is 155 Å². The molecule has 0 bridgehead atoms. The highest BCUT2D eigenvalue weighted by molar-refractivity contribution is 7.80. The highest BCUT2D eigenvalue weighted by atomic mass is 32.1. The lowest BCUT2D eigenvalue weighted by Crippen LogP contribution is -2.37. The van der Waals surface area contributed by atoms with Crippen molar-refractivity contribution in [1.29, 1.82) is 0 Å². The molecular formula is C17H18N4O4S. The summed E-state index contributed by atoms with van der Waals surface area (Å²) in [6.45, 7) is 1.46. The number of hydrogen-bond acceptors (Lipinski definition) is 6. The fourth-order valence-corrected chi connectivity index (χ4v) is 2.67. The van der Waals surface area contributed by atoms with E-state index >= 15 is 0 Å². The predicted octanol–water partition coefficient (Wildman–Crippen LogP) is 2.83. The molecule has 3 rings (SSSR count). The zero-order valence-corrected chi connectivity index (χ0v) is 14.7. The molecular weight excluding hydrogens is 356 g/mol. The molecule has 26 heavy (non-hydrogen) atoms. The second-order valence-corrected chi connectivity index (χ2v) is 6.13. The summed E-state index contributed by atoms with van der Waals surface area (Å²) in [5.41, 5.74) is 3.51. The number of thiocarbonyl (C=S) groups is 1. The molecule has 8 nitrogen and oxygen atoms in total. The Bertz CT molecular complexity index is 797. The van der Waals surface area contributed by atoms with Crippen molar-refractivity contribution in [2.24, 2.45) is 5.10 Å². The van der Waals surface area contributed by atoms with Crippen LogP contribution in [-0.2, 0) is 4.74 Å². The minimum atomic E-state index is -0.439. The van der Waals surface area contributed by atoms with Gasteiger partial charge in [-0.05, 0) is 49.3 Å². The Morgan fingerprint density at radius 1 is 1.35 bits per heavy atom. The molecule has 0 radical (unpaired) electrons. The van der Waals surface area contributed by atoms with Gasteiger partial charge in [-0.1, -0.05) is 0 Å². The second-order valence-electron chi connectivity index (χ2n) is 5.72. The maximum Gasteiger partial charge on any atom is 0.269 e. The molecule has 9 heteroatoms.